The molecule has 1 fully saturated rings. The minimum Gasteiger partial charge on any atom is -0.491 e. The molecule has 1 aliphatic heterocycles. The molecule has 2 aromatic carbocycles. The number of rotatable bonds is 7. The van der Waals surface area contributed by atoms with Crippen molar-refractivity contribution in [2.75, 3.05) is 43.1 Å². The van der Waals surface area contributed by atoms with Crippen molar-refractivity contribution in [1.29, 1.82) is 0 Å². The van der Waals surface area contributed by atoms with Gasteiger partial charge in [0.15, 0.2) is 0 Å². The van der Waals surface area contributed by atoms with Crippen LogP contribution in [0.1, 0.15) is 23.7 Å². The summed E-state index contributed by atoms with van der Waals surface area (Å²) >= 11 is 0. The number of anilines is 2. The maximum absolute atomic E-state index is 13.0. The summed E-state index contributed by atoms with van der Waals surface area (Å²) in [6.45, 7) is 4.86. The van der Waals surface area contributed by atoms with Gasteiger partial charge in [0.25, 0.3) is 11.6 Å². The van der Waals surface area contributed by atoms with E-state index in [4.69, 9.17) is 9.47 Å². The molecule has 2 aromatic rings. The molecule has 148 valence electrons. The number of nitrogens with zero attached hydrogens (tertiary/aromatic N) is 2. The summed E-state index contributed by atoms with van der Waals surface area (Å²) in [6.07, 6.45) is 0.842. The number of nitro benzene ring substituents is 1. The third kappa shape index (κ3) is 4.58. The second-order valence-electron chi connectivity index (χ2n) is 6.36. The molecule has 28 heavy (non-hydrogen) atoms. The Morgan fingerprint density at radius 2 is 2.00 bits per heavy atom. The molecule has 0 saturated carbocycles. The molecule has 1 N–H and O–H groups in total. The van der Waals surface area contributed by atoms with E-state index < -0.39 is 10.8 Å². The number of hydrogen-bond acceptors (Lipinski definition) is 6. The summed E-state index contributed by atoms with van der Waals surface area (Å²) in [5.41, 5.74) is 1.30. The van der Waals surface area contributed by atoms with Crippen LogP contribution in [0.4, 0.5) is 17.1 Å². The molecule has 0 bridgehead atoms. The van der Waals surface area contributed by atoms with Gasteiger partial charge in [-0.25, -0.2) is 0 Å². The lowest BCUT2D eigenvalue weighted by atomic mass is 10.1. The fraction of sp³-hybridized carbons (Fsp3) is 0.350. The Hall–Kier alpha value is -3.13. The van der Waals surface area contributed by atoms with Gasteiger partial charge in [-0.3, -0.25) is 14.9 Å². The number of ether oxygens (including phenoxy) is 2. The zero-order chi connectivity index (χ0) is 19.9. The summed E-state index contributed by atoms with van der Waals surface area (Å²) in [7, 11) is 0. The molecular weight excluding hydrogens is 362 g/mol. The van der Waals surface area contributed by atoms with Gasteiger partial charge >= 0.3 is 0 Å². The van der Waals surface area contributed by atoms with Gasteiger partial charge in [0.05, 0.1) is 41.7 Å². The first-order chi connectivity index (χ1) is 13.6. The molecule has 0 radical (unpaired) electrons. The number of non-ortho nitro benzene ring substituents is 1. The maximum atomic E-state index is 13.0. The minimum atomic E-state index is -0.502. The highest BCUT2D eigenvalue weighted by atomic mass is 16.6. The summed E-state index contributed by atoms with van der Waals surface area (Å²) in [6, 6.07) is 11.5. The number of para-hydroxylation sites is 2. The average Bonchev–Trinajstić information content (AvgIpc) is 2.73. The highest BCUT2D eigenvalue weighted by Crippen LogP contribution is 2.29. The van der Waals surface area contributed by atoms with Gasteiger partial charge in [0.2, 0.25) is 0 Å². The van der Waals surface area contributed by atoms with Crippen LogP contribution in [0, 0.1) is 10.1 Å². The molecule has 3 rings (SSSR count). The molecule has 0 aliphatic carbocycles. The zero-order valence-electron chi connectivity index (χ0n) is 15.7. The van der Waals surface area contributed by atoms with Crippen molar-refractivity contribution in [3.63, 3.8) is 0 Å². The fourth-order valence-corrected chi connectivity index (χ4v) is 3.00. The van der Waals surface area contributed by atoms with E-state index in [9.17, 15) is 14.9 Å². The van der Waals surface area contributed by atoms with Gasteiger partial charge in [-0.15, -0.1) is 0 Å². The predicted molar refractivity (Wildman–Crippen MR) is 106 cm³/mol. The number of carbonyl (C=O) groups excluding carboxylic acids is 1. The average molecular weight is 385 g/mol. The summed E-state index contributed by atoms with van der Waals surface area (Å²) in [4.78, 5) is 25.7. The van der Waals surface area contributed by atoms with Gasteiger partial charge in [0.1, 0.15) is 5.75 Å². The van der Waals surface area contributed by atoms with Crippen molar-refractivity contribution in [3.05, 3.63) is 58.1 Å². The Morgan fingerprint density at radius 1 is 1.25 bits per heavy atom. The number of benzene rings is 2. The van der Waals surface area contributed by atoms with Gasteiger partial charge in [0, 0.05) is 25.2 Å². The lowest BCUT2D eigenvalue weighted by molar-refractivity contribution is -0.384. The first kappa shape index (κ1) is 19.6. The number of hydrogen-bond donors (Lipinski definition) is 1. The number of carbonyl (C=O) groups is 1. The highest BCUT2D eigenvalue weighted by Gasteiger charge is 2.22. The maximum Gasteiger partial charge on any atom is 0.270 e. The zero-order valence-corrected chi connectivity index (χ0v) is 15.7. The van der Waals surface area contributed by atoms with E-state index >= 15 is 0 Å². The molecule has 1 saturated heterocycles. The van der Waals surface area contributed by atoms with E-state index in [0.29, 0.717) is 50.0 Å². The van der Waals surface area contributed by atoms with Crippen LogP contribution in [-0.4, -0.2) is 43.7 Å². The second-order valence-corrected chi connectivity index (χ2v) is 6.36. The Kier molecular flexibility index (Phi) is 6.44. The van der Waals surface area contributed by atoms with Gasteiger partial charge < -0.3 is 19.7 Å². The van der Waals surface area contributed by atoms with E-state index in [1.54, 1.807) is 24.3 Å². The van der Waals surface area contributed by atoms with Crippen LogP contribution < -0.4 is 15.0 Å². The third-order valence-corrected chi connectivity index (χ3v) is 4.38. The first-order valence-corrected chi connectivity index (χ1v) is 9.24. The number of nitro groups is 1. The van der Waals surface area contributed by atoms with Crippen LogP contribution in [0.3, 0.4) is 0 Å². The first-order valence-electron chi connectivity index (χ1n) is 9.24. The smallest absolute Gasteiger partial charge is 0.270 e. The summed E-state index contributed by atoms with van der Waals surface area (Å²) in [5.74, 6) is 0.147. The molecule has 0 aromatic heterocycles. The van der Waals surface area contributed by atoms with Crippen LogP contribution in [0.2, 0.25) is 0 Å². The van der Waals surface area contributed by atoms with E-state index in [1.165, 1.54) is 12.1 Å². The van der Waals surface area contributed by atoms with Crippen LogP contribution in [0.15, 0.2) is 42.5 Å². The quantitative estimate of drug-likeness (QED) is 0.579. The molecule has 0 unspecified atom stereocenters. The van der Waals surface area contributed by atoms with Gasteiger partial charge in [-0.1, -0.05) is 19.1 Å². The molecular formula is C20H23N3O5. The Balaban J connectivity index is 1.91. The highest BCUT2D eigenvalue weighted by molar-refractivity contribution is 6.09. The minimum absolute atomic E-state index is 0.127. The van der Waals surface area contributed by atoms with Crippen molar-refractivity contribution in [2.45, 2.75) is 13.3 Å². The van der Waals surface area contributed by atoms with E-state index in [2.05, 4.69) is 5.32 Å². The third-order valence-electron chi connectivity index (χ3n) is 4.38. The van der Waals surface area contributed by atoms with Crippen molar-refractivity contribution in [3.8, 4) is 5.75 Å². The Labute approximate surface area is 163 Å². The number of morpholine rings is 1. The van der Waals surface area contributed by atoms with E-state index in [1.807, 2.05) is 17.9 Å². The lowest BCUT2D eigenvalue weighted by Crippen LogP contribution is -2.37. The van der Waals surface area contributed by atoms with E-state index in [-0.39, 0.29) is 11.3 Å². The van der Waals surface area contributed by atoms with Crippen LogP contribution in [0.25, 0.3) is 0 Å². The normalized spacial score (nSPS) is 13.8. The van der Waals surface area contributed by atoms with Crippen molar-refractivity contribution < 1.29 is 19.2 Å². The molecule has 8 heteroatoms. The van der Waals surface area contributed by atoms with Gasteiger partial charge in [-0.05, 0) is 24.6 Å². The molecule has 8 nitrogen and oxygen atoms in total. The van der Waals surface area contributed by atoms with Crippen LogP contribution >= 0.6 is 0 Å². The van der Waals surface area contributed by atoms with Crippen molar-refractivity contribution in [1.82, 2.24) is 0 Å². The number of amides is 1. The van der Waals surface area contributed by atoms with Crippen molar-refractivity contribution in [2.24, 2.45) is 0 Å². The van der Waals surface area contributed by atoms with Gasteiger partial charge in [-0.2, -0.15) is 0 Å². The summed E-state index contributed by atoms with van der Waals surface area (Å²) in [5, 5.41) is 14.1. The number of nitrogens with one attached hydrogen (secondary N) is 1. The summed E-state index contributed by atoms with van der Waals surface area (Å²) < 4.78 is 11.0. The molecule has 1 amide bonds. The molecule has 1 aliphatic rings. The largest absolute Gasteiger partial charge is 0.491 e. The molecule has 0 spiro atoms. The van der Waals surface area contributed by atoms with Crippen LogP contribution in [-0.2, 0) is 4.74 Å². The monoisotopic (exact) mass is 385 g/mol. The Bertz CT molecular complexity index is 849. The molecule has 1 heterocycles. The fourth-order valence-electron chi connectivity index (χ4n) is 3.00. The molecule has 0 atom stereocenters. The topological polar surface area (TPSA) is 93.9 Å². The Morgan fingerprint density at radius 3 is 2.71 bits per heavy atom. The SMILES string of the molecule is CCCOc1ccccc1NC(=O)c1cc([N+](=O)[O-])ccc1N1CCOCC1. The standard InChI is InChI=1S/C20H23N3O5/c1-2-11-28-19-6-4-3-5-17(19)21-20(24)16-14-15(23(25)26)7-8-18(16)22-9-12-27-13-10-22/h3-8,14H,2,9-13H2,1H3,(H,21,24). The lowest BCUT2D eigenvalue weighted by Gasteiger charge is -2.30. The van der Waals surface area contributed by atoms with Crippen molar-refractivity contribution >= 4 is 23.0 Å². The van der Waals surface area contributed by atoms with Crippen LogP contribution in [0.5, 0.6) is 5.75 Å². The predicted octanol–water partition coefficient (Wildman–Crippen LogP) is 3.47. The second kappa shape index (κ2) is 9.18. The van der Waals surface area contributed by atoms with E-state index in [0.717, 1.165) is 6.42 Å².